The van der Waals surface area contributed by atoms with Gasteiger partial charge in [0, 0.05) is 30.3 Å². The van der Waals surface area contributed by atoms with Gasteiger partial charge in [-0.3, -0.25) is 9.55 Å². The summed E-state index contributed by atoms with van der Waals surface area (Å²) in [5.41, 5.74) is 4.73. The number of aromatic nitrogens is 3. The van der Waals surface area contributed by atoms with Crippen molar-refractivity contribution in [3.8, 4) is 0 Å². The second-order valence-electron chi connectivity index (χ2n) is 5.92. The zero-order chi connectivity index (χ0) is 17.1. The average Bonchev–Trinajstić information content (AvgIpc) is 2.96. The van der Waals surface area contributed by atoms with Crippen molar-refractivity contribution >= 4 is 22.4 Å². The molecule has 4 aromatic rings. The Labute approximate surface area is 145 Å². The topological polar surface area (TPSA) is 62.7 Å². The van der Waals surface area contributed by atoms with E-state index in [4.69, 9.17) is 0 Å². The van der Waals surface area contributed by atoms with E-state index in [1.165, 1.54) is 0 Å². The maximum absolute atomic E-state index is 12.3. The zero-order valence-electron chi connectivity index (χ0n) is 13.6. The molecule has 5 nitrogen and oxygen atoms in total. The molecule has 0 aliphatic heterocycles. The van der Waals surface area contributed by atoms with Crippen LogP contribution in [0.5, 0.6) is 0 Å². The number of aryl methyl sites for hydroxylation is 2. The minimum Gasteiger partial charge on any atom is -0.355 e. The van der Waals surface area contributed by atoms with Crippen LogP contribution in [0.4, 0.5) is 11.4 Å². The number of nitrogens with one attached hydrogen (secondary N) is 2. The van der Waals surface area contributed by atoms with Gasteiger partial charge in [-0.05, 0) is 48.4 Å². The van der Waals surface area contributed by atoms with Crippen LogP contribution in [-0.4, -0.2) is 14.5 Å². The van der Waals surface area contributed by atoms with Crippen molar-refractivity contribution in [3.05, 3.63) is 89.1 Å². The number of rotatable bonds is 5. The standard InChI is InChI=1S/C20H18N4O/c25-20-23-18-13-17(22-16-6-2-1-3-7-16)8-9-19(18)24(20)12-10-15-5-4-11-21-14-15/h1-9,11,13-14,22H,10,12H2,(H,23,25). The Balaban J connectivity index is 1.59. The Bertz CT molecular complexity index is 1040. The zero-order valence-corrected chi connectivity index (χ0v) is 13.6. The highest BCUT2D eigenvalue weighted by molar-refractivity contribution is 5.80. The lowest BCUT2D eigenvalue weighted by Crippen LogP contribution is -2.17. The number of aromatic amines is 1. The van der Waals surface area contributed by atoms with Crippen molar-refractivity contribution in [3.63, 3.8) is 0 Å². The van der Waals surface area contributed by atoms with Crippen molar-refractivity contribution in [2.24, 2.45) is 0 Å². The predicted octanol–water partition coefficient (Wildman–Crippen LogP) is 3.71. The van der Waals surface area contributed by atoms with E-state index in [0.717, 1.165) is 34.4 Å². The number of hydrogen-bond donors (Lipinski definition) is 2. The summed E-state index contributed by atoms with van der Waals surface area (Å²) in [6, 6.07) is 19.8. The summed E-state index contributed by atoms with van der Waals surface area (Å²) in [4.78, 5) is 19.4. The molecule has 0 aliphatic rings. The molecule has 2 aromatic carbocycles. The third-order valence-corrected chi connectivity index (χ3v) is 4.18. The fourth-order valence-corrected chi connectivity index (χ4v) is 2.94. The molecule has 0 spiro atoms. The van der Waals surface area contributed by atoms with Gasteiger partial charge < -0.3 is 10.3 Å². The van der Waals surface area contributed by atoms with Gasteiger partial charge >= 0.3 is 5.69 Å². The second kappa shape index (κ2) is 6.65. The highest BCUT2D eigenvalue weighted by Crippen LogP contribution is 2.20. The fraction of sp³-hybridized carbons (Fsp3) is 0.100. The molecule has 0 atom stereocenters. The minimum absolute atomic E-state index is 0.0873. The van der Waals surface area contributed by atoms with Gasteiger partial charge in [-0.25, -0.2) is 4.79 Å². The predicted molar refractivity (Wildman–Crippen MR) is 100 cm³/mol. The summed E-state index contributed by atoms with van der Waals surface area (Å²) in [6.45, 7) is 0.621. The van der Waals surface area contributed by atoms with Crippen molar-refractivity contribution in [1.82, 2.24) is 14.5 Å². The molecule has 2 N–H and O–H groups in total. The first kappa shape index (κ1) is 15.2. The maximum Gasteiger partial charge on any atom is 0.326 e. The van der Waals surface area contributed by atoms with Crippen LogP contribution in [0.3, 0.4) is 0 Å². The Morgan fingerprint density at radius 3 is 2.68 bits per heavy atom. The van der Waals surface area contributed by atoms with Gasteiger partial charge in [-0.2, -0.15) is 0 Å². The molecular weight excluding hydrogens is 312 g/mol. The molecule has 2 heterocycles. The van der Waals surface area contributed by atoms with Crippen LogP contribution in [0.2, 0.25) is 0 Å². The van der Waals surface area contributed by atoms with E-state index in [1.54, 1.807) is 10.8 Å². The molecule has 0 amide bonds. The van der Waals surface area contributed by atoms with Crippen LogP contribution in [0.25, 0.3) is 11.0 Å². The molecule has 0 aliphatic carbocycles. The first-order valence-corrected chi connectivity index (χ1v) is 8.23. The van der Waals surface area contributed by atoms with Gasteiger partial charge in [0.15, 0.2) is 0 Å². The van der Waals surface area contributed by atoms with Crippen molar-refractivity contribution in [2.45, 2.75) is 13.0 Å². The van der Waals surface area contributed by atoms with Crippen molar-refractivity contribution in [2.75, 3.05) is 5.32 Å². The van der Waals surface area contributed by atoms with Gasteiger partial charge in [-0.1, -0.05) is 24.3 Å². The smallest absolute Gasteiger partial charge is 0.326 e. The molecule has 4 rings (SSSR count). The van der Waals surface area contributed by atoms with E-state index in [2.05, 4.69) is 15.3 Å². The summed E-state index contributed by atoms with van der Waals surface area (Å²) in [5.74, 6) is 0. The van der Waals surface area contributed by atoms with Crippen LogP contribution in [0, 0.1) is 0 Å². The van der Waals surface area contributed by atoms with Gasteiger partial charge in [0.2, 0.25) is 0 Å². The molecule has 0 unspecified atom stereocenters. The Morgan fingerprint density at radius 1 is 1.00 bits per heavy atom. The molecule has 0 saturated carbocycles. The molecule has 5 heteroatoms. The lowest BCUT2D eigenvalue weighted by Gasteiger charge is -2.07. The Hall–Kier alpha value is -3.34. The summed E-state index contributed by atoms with van der Waals surface area (Å²) in [7, 11) is 0. The summed E-state index contributed by atoms with van der Waals surface area (Å²) >= 11 is 0. The van der Waals surface area contributed by atoms with Crippen molar-refractivity contribution in [1.29, 1.82) is 0 Å². The first-order valence-electron chi connectivity index (χ1n) is 8.23. The molecule has 0 saturated heterocycles. The highest BCUT2D eigenvalue weighted by atomic mass is 16.1. The second-order valence-corrected chi connectivity index (χ2v) is 5.92. The Kier molecular flexibility index (Phi) is 4.04. The largest absolute Gasteiger partial charge is 0.355 e. The number of imidazole rings is 1. The highest BCUT2D eigenvalue weighted by Gasteiger charge is 2.08. The average molecular weight is 330 g/mol. The van der Waals surface area contributed by atoms with Gasteiger partial charge in [0.25, 0.3) is 0 Å². The van der Waals surface area contributed by atoms with E-state index in [9.17, 15) is 4.79 Å². The number of fused-ring (bicyclic) bond motifs is 1. The van der Waals surface area contributed by atoms with Crippen LogP contribution >= 0.6 is 0 Å². The van der Waals surface area contributed by atoms with Gasteiger partial charge in [0.05, 0.1) is 11.0 Å². The Morgan fingerprint density at radius 2 is 1.88 bits per heavy atom. The number of benzene rings is 2. The monoisotopic (exact) mass is 330 g/mol. The molecule has 124 valence electrons. The lowest BCUT2D eigenvalue weighted by atomic mass is 10.2. The number of pyridine rings is 1. The molecule has 0 radical (unpaired) electrons. The van der Waals surface area contributed by atoms with E-state index in [-0.39, 0.29) is 5.69 Å². The number of H-pyrrole nitrogens is 1. The number of nitrogens with zero attached hydrogens (tertiary/aromatic N) is 2. The SMILES string of the molecule is O=c1[nH]c2cc(Nc3ccccc3)ccc2n1CCc1cccnc1. The summed E-state index contributed by atoms with van der Waals surface area (Å²) < 4.78 is 1.77. The summed E-state index contributed by atoms with van der Waals surface area (Å²) in [6.07, 6.45) is 4.36. The molecule has 2 aromatic heterocycles. The normalized spacial score (nSPS) is 10.9. The molecule has 0 fully saturated rings. The molecule has 25 heavy (non-hydrogen) atoms. The quantitative estimate of drug-likeness (QED) is 0.586. The fourth-order valence-electron chi connectivity index (χ4n) is 2.94. The van der Waals surface area contributed by atoms with Crippen LogP contribution in [0.15, 0.2) is 77.9 Å². The van der Waals surface area contributed by atoms with E-state index in [0.29, 0.717) is 6.54 Å². The van der Waals surface area contributed by atoms with Gasteiger partial charge in [0.1, 0.15) is 0 Å². The van der Waals surface area contributed by atoms with Crippen LogP contribution in [-0.2, 0) is 13.0 Å². The third-order valence-electron chi connectivity index (χ3n) is 4.18. The van der Waals surface area contributed by atoms with Gasteiger partial charge in [-0.15, -0.1) is 0 Å². The first-order chi connectivity index (χ1) is 12.3. The lowest BCUT2D eigenvalue weighted by molar-refractivity contribution is 0.690. The van der Waals surface area contributed by atoms with E-state index in [1.807, 2.05) is 66.9 Å². The molecule has 0 bridgehead atoms. The third kappa shape index (κ3) is 3.30. The van der Waals surface area contributed by atoms with Crippen LogP contribution < -0.4 is 11.0 Å². The van der Waals surface area contributed by atoms with E-state index < -0.39 is 0 Å². The summed E-state index contributed by atoms with van der Waals surface area (Å²) in [5, 5.41) is 3.34. The number of anilines is 2. The number of para-hydroxylation sites is 1. The number of hydrogen-bond acceptors (Lipinski definition) is 3. The minimum atomic E-state index is -0.0873. The van der Waals surface area contributed by atoms with Crippen LogP contribution in [0.1, 0.15) is 5.56 Å². The van der Waals surface area contributed by atoms with Crippen molar-refractivity contribution < 1.29 is 0 Å². The van der Waals surface area contributed by atoms with E-state index >= 15 is 0 Å². The molecular formula is C20H18N4O. The maximum atomic E-state index is 12.3.